The maximum atomic E-state index is 13.1. The Hall–Kier alpha value is -2.77. The quantitative estimate of drug-likeness (QED) is 0.344. The largest absolute Gasteiger partial charge is 0.494 e. The Balaban J connectivity index is 1.55. The third-order valence-corrected chi connectivity index (χ3v) is 6.40. The number of fused-ring (bicyclic) bond motifs is 1. The number of hydrogen-bond acceptors (Lipinski definition) is 6. The fraction of sp³-hybridized carbons (Fsp3) is 0.182. The van der Waals surface area contributed by atoms with E-state index in [2.05, 4.69) is 12.1 Å². The van der Waals surface area contributed by atoms with Crippen molar-refractivity contribution in [1.82, 2.24) is 4.98 Å². The second-order valence-electron chi connectivity index (χ2n) is 6.27. The van der Waals surface area contributed by atoms with Crippen molar-refractivity contribution in [2.24, 2.45) is 0 Å². The standard InChI is InChI=1S/C22H20N2O3S2/c1-26-18-10-5-11-19-21(18)23-22(29-19)24(15-16-7-6-13-27-16)20(25)12-14-28-17-8-3-2-4-9-17/h2-11,13H,12,14-15H2,1H3. The van der Waals surface area contributed by atoms with Gasteiger partial charge in [-0.3, -0.25) is 9.69 Å². The molecule has 0 unspecified atom stereocenters. The van der Waals surface area contributed by atoms with Gasteiger partial charge in [0.15, 0.2) is 5.13 Å². The molecule has 0 fully saturated rings. The molecule has 0 radical (unpaired) electrons. The molecular weight excluding hydrogens is 404 g/mol. The van der Waals surface area contributed by atoms with Crippen LogP contribution in [0.4, 0.5) is 5.13 Å². The van der Waals surface area contributed by atoms with Gasteiger partial charge in [-0.25, -0.2) is 4.98 Å². The summed E-state index contributed by atoms with van der Waals surface area (Å²) in [4.78, 5) is 20.7. The van der Waals surface area contributed by atoms with Gasteiger partial charge in [0, 0.05) is 17.1 Å². The van der Waals surface area contributed by atoms with Crippen LogP contribution in [0.5, 0.6) is 5.75 Å². The number of aromatic nitrogens is 1. The van der Waals surface area contributed by atoms with Gasteiger partial charge in [-0.1, -0.05) is 35.6 Å². The molecule has 148 valence electrons. The first-order chi connectivity index (χ1) is 14.2. The smallest absolute Gasteiger partial charge is 0.230 e. The van der Waals surface area contributed by atoms with Crippen LogP contribution in [0.25, 0.3) is 10.2 Å². The lowest BCUT2D eigenvalue weighted by molar-refractivity contribution is -0.118. The van der Waals surface area contributed by atoms with E-state index >= 15 is 0 Å². The van der Waals surface area contributed by atoms with E-state index in [9.17, 15) is 4.79 Å². The number of hydrogen-bond donors (Lipinski definition) is 0. The molecule has 0 aliphatic heterocycles. The summed E-state index contributed by atoms with van der Waals surface area (Å²) in [6.07, 6.45) is 2.03. The number of rotatable bonds is 8. The average molecular weight is 425 g/mol. The number of para-hydroxylation sites is 1. The number of nitrogens with zero attached hydrogens (tertiary/aromatic N) is 2. The van der Waals surface area contributed by atoms with Gasteiger partial charge < -0.3 is 9.15 Å². The van der Waals surface area contributed by atoms with E-state index in [0.717, 1.165) is 20.9 Å². The van der Waals surface area contributed by atoms with E-state index in [1.807, 2.05) is 48.5 Å². The summed E-state index contributed by atoms with van der Waals surface area (Å²) in [5.41, 5.74) is 0.769. The number of amides is 1. The van der Waals surface area contributed by atoms with Crippen molar-refractivity contribution in [3.05, 3.63) is 72.7 Å². The molecule has 0 N–H and O–H groups in total. The van der Waals surface area contributed by atoms with Crippen LogP contribution in [0.15, 0.2) is 76.2 Å². The molecule has 5 nitrogen and oxygen atoms in total. The van der Waals surface area contributed by atoms with E-state index in [1.165, 1.54) is 11.3 Å². The van der Waals surface area contributed by atoms with E-state index in [-0.39, 0.29) is 5.91 Å². The van der Waals surface area contributed by atoms with Crippen molar-refractivity contribution in [2.75, 3.05) is 17.8 Å². The van der Waals surface area contributed by atoms with Crippen molar-refractivity contribution in [1.29, 1.82) is 0 Å². The molecule has 1 amide bonds. The Morgan fingerprint density at radius 2 is 2.00 bits per heavy atom. The predicted molar refractivity (Wildman–Crippen MR) is 118 cm³/mol. The molecule has 0 atom stereocenters. The molecule has 29 heavy (non-hydrogen) atoms. The number of methoxy groups -OCH3 is 1. The van der Waals surface area contributed by atoms with Gasteiger partial charge in [-0.05, 0) is 36.4 Å². The van der Waals surface area contributed by atoms with Gasteiger partial charge in [0.2, 0.25) is 5.91 Å². The molecule has 2 heterocycles. The minimum Gasteiger partial charge on any atom is -0.494 e. The number of ether oxygens (including phenoxy) is 1. The highest BCUT2D eigenvalue weighted by atomic mass is 32.2. The minimum absolute atomic E-state index is 0.0165. The number of thiazole rings is 1. The molecule has 7 heteroatoms. The van der Waals surface area contributed by atoms with Crippen LogP contribution >= 0.6 is 23.1 Å². The maximum absolute atomic E-state index is 13.1. The van der Waals surface area contributed by atoms with Crippen LogP contribution in [0.1, 0.15) is 12.2 Å². The summed E-state index contributed by atoms with van der Waals surface area (Å²) >= 11 is 3.15. The Labute approximate surface area is 177 Å². The SMILES string of the molecule is COc1cccc2sc(N(Cc3ccco3)C(=O)CCSc3ccccc3)nc12. The van der Waals surface area contributed by atoms with Crippen molar-refractivity contribution >= 4 is 44.4 Å². The summed E-state index contributed by atoms with van der Waals surface area (Å²) < 4.78 is 11.9. The van der Waals surface area contributed by atoms with E-state index in [1.54, 1.807) is 30.0 Å². The van der Waals surface area contributed by atoms with Gasteiger partial charge in [0.25, 0.3) is 0 Å². The van der Waals surface area contributed by atoms with Crippen LogP contribution in [-0.4, -0.2) is 23.8 Å². The average Bonchev–Trinajstić information content (AvgIpc) is 3.42. The Morgan fingerprint density at radius 3 is 2.76 bits per heavy atom. The van der Waals surface area contributed by atoms with Gasteiger partial charge in [0.05, 0.1) is 24.6 Å². The summed E-state index contributed by atoms with van der Waals surface area (Å²) in [5.74, 6) is 2.14. The third-order valence-electron chi connectivity index (χ3n) is 4.34. The highest BCUT2D eigenvalue weighted by Gasteiger charge is 2.22. The summed E-state index contributed by atoms with van der Waals surface area (Å²) in [5, 5.41) is 0.649. The molecule has 0 bridgehead atoms. The normalized spacial score (nSPS) is 10.9. The number of benzene rings is 2. The number of carbonyl (C=O) groups excluding carboxylic acids is 1. The highest BCUT2D eigenvalue weighted by Crippen LogP contribution is 2.35. The Morgan fingerprint density at radius 1 is 1.14 bits per heavy atom. The molecule has 0 saturated carbocycles. The zero-order valence-electron chi connectivity index (χ0n) is 15.9. The summed E-state index contributed by atoms with van der Waals surface area (Å²) in [6, 6.07) is 19.6. The first-order valence-electron chi connectivity index (χ1n) is 9.19. The van der Waals surface area contributed by atoms with Crippen LogP contribution in [0, 0.1) is 0 Å². The van der Waals surface area contributed by atoms with Gasteiger partial charge in [-0.15, -0.1) is 11.8 Å². The molecule has 0 saturated heterocycles. The van der Waals surface area contributed by atoms with Gasteiger partial charge in [-0.2, -0.15) is 0 Å². The molecule has 0 aliphatic rings. The minimum atomic E-state index is 0.0165. The van der Waals surface area contributed by atoms with Crippen molar-refractivity contribution in [3.63, 3.8) is 0 Å². The topological polar surface area (TPSA) is 55.6 Å². The fourth-order valence-corrected chi connectivity index (χ4v) is 4.78. The first kappa shape index (κ1) is 19.5. The lowest BCUT2D eigenvalue weighted by atomic mass is 10.3. The monoisotopic (exact) mass is 424 g/mol. The first-order valence-corrected chi connectivity index (χ1v) is 11.0. The molecule has 4 aromatic rings. The maximum Gasteiger partial charge on any atom is 0.230 e. The van der Waals surface area contributed by atoms with Crippen LogP contribution in [0.2, 0.25) is 0 Å². The zero-order chi connectivity index (χ0) is 20.1. The van der Waals surface area contributed by atoms with Crippen molar-refractivity contribution < 1.29 is 13.9 Å². The van der Waals surface area contributed by atoms with Crippen molar-refractivity contribution in [3.8, 4) is 5.75 Å². The number of thioether (sulfide) groups is 1. The molecule has 4 rings (SSSR count). The highest BCUT2D eigenvalue weighted by molar-refractivity contribution is 7.99. The summed E-state index contributed by atoms with van der Waals surface area (Å²) in [6.45, 7) is 0.351. The molecule has 0 aliphatic carbocycles. The fourth-order valence-electron chi connectivity index (χ4n) is 2.92. The van der Waals surface area contributed by atoms with E-state index in [4.69, 9.17) is 14.1 Å². The number of carbonyl (C=O) groups is 1. The predicted octanol–water partition coefficient (Wildman–Crippen LogP) is 5.61. The lowest BCUT2D eigenvalue weighted by Crippen LogP contribution is -2.30. The molecule has 2 aromatic heterocycles. The van der Waals surface area contributed by atoms with E-state index < -0.39 is 0 Å². The third kappa shape index (κ3) is 4.63. The van der Waals surface area contributed by atoms with Crippen LogP contribution in [0.3, 0.4) is 0 Å². The second kappa shape index (κ2) is 9.15. The number of anilines is 1. The second-order valence-corrected chi connectivity index (χ2v) is 8.45. The summed E-state index contributed by atoms with van der Waals surface area (Å²) in [7, 11) is 1.63. The molecule has 2 aromatic carbocycles. The Kier molecular flexibility index (Phi) is 6.17. The van der Waals surface area contributed by atoms with Crippen LogP contribution in [-0.2, 0) is 11.3 Å². The van der Waals surface area contributed by atoms with Gasteiger partial charge in [0.1, 0.15) is 17.0 Å². The molecular formula is C22H20N2O3S2. The zero-order valence-corrected chi connectivity index (χ0v) is 17.5. The van der Waals surface area contributed by atoms with Crippen LogP contribution < -0.4 is 9.64 Å². The lowest BCUT2D eigenvalue weighted by Gasteiger charge is -2.18. The Bertz CT molecular complexity index is 1080. The van der Waals surface area contributed by atoms with Crippen molar-refractivity contribution in [2.45, 2.75) is 17.9 Å². The molecule has 0 spiro atoms. The number of furan rings is 1. The van der Waals surface area contributed by atoms with E-state index in [0.29, 0.717) is 29.6 Å². The van der Waals surface area contributed by atoms with Gasteiger partial charge >= 0.3 is 0 Å².